The van der Waals surface area contributed by atoms with Gasteiger partial charge in [-0.2, -0.15) is 10.4 Å². The fraction of sp³-hybridized carbons (Fsp3) is 0.280. The highest BCUT2D eigenvalue weighted by Crippen LogP contribution is 2.34. The maximum atomic E-state index is 12.7. The monoisotopic (exact) mass is 502 g/mol. The largest absolute Gasteiger partial charge is 0.446 e. The summed E-state index contributed by atoms with van der Waals surface area (Å²) in [5, 5.41) is 18.2. The van der Waals surface area contributed by atoms with Gasteiger partial charge in [0.05, 0.1) is 10.5 Å². The van der Waals surface area contributed by atoms with Crippen molar-refractivity contribution in [3.05, 3.63) is 53.4 Å². The van der Waals surface area contributed by atoms with Crippen molar-refractivity contribution in [3.8, 4) is 28.7 Å². The number of benzene rings is 1. The van der Waals surface area contributed by atoms with Gasteiger partial charge in [-0.25, -0.2) is 14.8 Å². The van der Waals surface area contributed by atoms with Crippen molar-refractivity contribution in [2.75, 3.05) is 25.5 Å². The Balaban J connectivity index is 1.55. The minimum Gasteiger partial charge on any atom is -0.446 e. The van der Waals surface area contributed by atoms with Gasteiger partial charge in [0.15, 0.2) is 11.5 Å². The molecule has 1 N–H and O–H groups in total. The second kappa shape index (κ2) is 9.89. The molecular weight excluding hydrogens is 480 g/mol. The summed E-state index contributed by atoms with van der Waals surface area (Å²) in [6, 6.07) is 11.1. The van der Waals surface area contributed by atoms with Gasteiger partial charge >= 0.3 is 6.09 Å². The van der Waals surface area contributed by atoms with Crippen LogP contribution in [0.2, 0.25) is 5.02 Å². The summed E-state index contributed by atoms with van der Waals surface area (Å²) in [5.74, 6) is 0.00776. The van der Waals surface area contributed by atoms with Crippen LogP contribution in [0.5, 0.6) is 0 Å². The van der Waals surface area contributed by atoms with Crippen molar-refractivity contribution in [2.24, 2.45) is 7.05 Å². The Morgan fingerprint density at radius 3 is 2.72 bits per heavy atom. The lowest BCUT2D eigenvalue weighted by Crippen LogP contribution is -2.36. The molecule has 3 aromatic heterocycles. The van der Waals surface area contributed by atoms with Crippen molar-refractivity contribution in [1.82, 2.24) is 29.6 Å². The van der Waals surface area contributed by atoms with Crippen LogP contribution < -0.4 is 5.32 Å². The minimum atomic E-state index is -0.671. The smallest absolute Gasteiger partial charge is 0.413 e. The molecule has 182 valence electrons. The van der Waals surface area contributed by atoms with E-state index in [1.54, 1.807) is 36.3 Å². The number of fused-ring (bicyclic) bond motifs is 1. The summed E-state index contributed by atoms with van der Waals surface area (Å²) in [6.45, 7) is 1.70. The summed E-state index contributed by atoms with van der Waals surface area (Å²) >= 11 is 6.52. The third-order valence-corrected chi connectivity index (χ3v) is 6.34. The number of ether oxygens (including phenoxy) is 1. The molecule has 5 rings (SSSR count). The number of nitrogens with zero attached hydrogens (tertiary/aromatic N) is 7. The first-order valence-electron chi connectivity index (χ1n) is 11.4. The number of aromatic nitrogens is 5. The zero-order chi connectivity index (χ0) is 25.2. The number of halogens is 1. The SMILES string of the molecule is CN1CCC(OC(=O)Nc2nc(-c3ccn(C)n3)c(-c3cc(Cl)c4ncccc4c3)nc2C#N)CC1. The first kappa shape index (κ1) is 23.7. The number of nitriles is 1. The van der Waals surface area contributed by atoms with Crippen LogP contribution in [-0.2, 0) is 11.8 Å². The molecule has 1 aliphatic heterocycles. The van der Waals surface area contributed by atoms with Crippen molar-refractivity contribution in [1.29, 1.82) is 5.26 Å². The van der Waals surface area contributed by atoms with Crippen molar-refractivity contribution in [2.45, 2.75) is 18.9 Å². The third-order valence-electron chi connectivity index (χ3n) is 6.05. The van der Waals surface area contributed by atoms with Gasteiger partial charge in [-0.15, -0.1) is 0 Å². The number of piperidine rings is 1. The van der Waals surface area contributed by atoms with Crippen LogP contribution >= 0.6 is 11.6 Å². The number of aryl methyl sites for hydroxylation is 1. The number of hydrogen-bond donors (Lipinski definition) is 1. The number of carbonyl (C=O) groups is 1. The number of anilines is 1. The summed E-state index contributed by atoms with van der Waals surface area (Å²) in [7, 11) is 3.82. The molecule has 11 heteroatoms. The van der Waals surface area contributed by atoms with Gasteiger partial charge in [0.1, 0.15) is 29.3 Å². The predicted molar refractivity (Wildman–Crippen MR) is 135 cm³/mol. The lowest BCUT2D eigenvalue weighted by molar-refractivity contribution is 0.0661. The van der Waals surface area contributed by atoms with Crippen molar-refractivity contribution < 1.29 is 9.53 Å². The van der Waals surface area contributed by atoms with Crippen molar-refractivity contribution in [3.63, 3.8) is 0 Å². The number of hydrogen-bond acceptors (Lipinski definition) is 8. The molecule has 0 aliphatic carbocycles. The number of likely N-dealkylation sites (tertiary alicyclic amines) is 1. The standard InChI is InChI=1S/C25H23ClN8O2/c1-33-9-5-17(6-10-33)36-25(35)31-24-20(14-27)29-22(23(30-24)19-7-11-34(2)32-19)16-12-15-4-3-8-28-21(15)18(26)13-16/h3-4,7-8,11-13,17H,5-6,9-10H2,1-2H3,(H,30,31,35). The zero-order valence-corrected chi connectivity index (χ0v) is 20.5. The van der Waals surface area contributed by atoms with E-state index in [0.717, 1.165) is 31.3 Å². The number of amides is 1. The fourth-order valence-electron chi connectivity index (χ4n) is 4.19. The molecule has 4 heterocycles. The molecule has 0 unspecified atom stereocenters. The van der Waals surface area contributed by atoms with Gasteiger partial charge < -0.3 is 9.64 Å². The normalized spacial score (nSPS) is 14.5. The Hall–Kier alpha value is -4.07. The van der Waals surface area contributed by atoms with Gasteiger partial charge in [0.25, 0.3) is 0 Å². The first-order chi connectivity index (χ1) is 17.4. The number of pyridine rings is 1. The molecule has 0 atom stereocenters. The summed E-state index contributed by atoms with van der Waals surface area (Å²) in [5.41, 5.74) is 2.58. The van der Waals surface area contributed by atoms with Crippen LogP contribution in [0.3, 0.4) is 0 Å². The molecular formula is C25H23ClN8O2. The lowest BCUT2D eigenvalue weighted by Gasteiger charge is -2.28. The van der Waals surface area contributed by atoms with E-state index in [0.29, 0.717) is 33.2 Å². The van der Waals surface area contributed by atoms with Crippen LogP contribution in [0.1, 0.15) is 18.5 Å². The van der Waals surface area contributed by atoms with Gasteiger partial charge in [0.2, 0.25) is 0 Å². The molecule has 10 nitrogen and oxygen atoms in total. The second-order valence-corrected chi connectivity index (χ2v) is 9.08. The van der Waals surface area contributed by atoms with Crippen molar-refractivity contribution >= 4 is 34.4 Å². The van der Waals surface area contributed by atoms with Gasteiger partial charge in [-0.1, -0.05) is 17.7 Å². The van der Waals surface area contributed by atoms with Gasteiger partial charge in [0, 0.05) is 43.5 Å². The molecule has 0 bridgehead atoms. The topological polar surface area (TPSA) is 122 Å². The average molecular weight is 503 g/mol. The molecule has 1 amide bonds. The Bertz CT molecular complexity index is 1490. The van der Waals surface area contributed by atoms with E-state index in [1.807, 2.05) is 31.3 Å². The maximum Gasteiger partial charge on any atom is 0.413 e. The Kier molecular flexibility index (Phi) is 6.50. The number of carbonyl (C=O) groups excluding carboxylic acids is 1. The maximum absolute atomic E-state index is 12.7. The van der Waals surface area contributed by atoms with Crippen LogP contribution in [0.4, 0.5) is 10.6 Å². The molecule has 0 spiro atoms. The minimum absolute atomic E-state index is 0.00776. The Morgan fingerprint density at radius 2 is 2.00 bits per heavy atom. The molecule has 1 aromatic carbocycles. The van der Waals surface area contributed by atoms with E-state index in [2.05, 4.69) is 30.3 Å². The first-order valence-corrected chi connectivity index (χ1v) is 11.8. The lowest BCUT2D eigenvalue weighted by atomic mass is 10.0. The highest BCUT2D eigenvalue weighted by molar-refractivity contribution is 6.35. The Morgan fingerprint density at radius 1 is 1.19 bits per heavy atom. The van der Waals surface area contributed by atoms with E-state index in [1.165, 1.54) is 0 Å². The molecule has 4 aromatic rings. The van der Waals surface area contributed by atoms with Crippen LogP contribution in [-0.4, -0.2) is 62.0 Å². The molecule has 0 radical (unpaired) electrons. The fourth-order valence-corrected chi connectivity index (χ4v) is 4.46. The quantitative estimate of drug-likeness (QED) is 0.439. The van der Waals surface area contributed by atoms with E-state index >= 15 is 0 Å². The number of nitrogens with one attached hydrogen (secondary N) is 1. The molecule has 1 saturated heterocycles. The van der Waals surface area contributed by atoms with Crippen LogP contribution in [0, 0.1) is 11.3 Å². The third kappa shape index (κ3) is 4.84. The van der Waals surface area contributed by atoms with Gasteiger partial charge in [-0.05, 0) is 44.2 Å². The summed E-state index contributed by atoms with van der Waals surface area (Å²) < 4.78 is 7.21. The molecule has 0 saturated carbocycles. The van der Waals surface area contributed by atoms with E-state index in [9.17, 15) is 10.1 Å². The molecule has 36 heavy (non-hydrogen) atoms. The number of rotatable bonds is 4. The average Bonchev–Trinajstić information content (AvgIpc) is 3.31. The summed E-state index contributed by atoms with van der Waals surface area (Å²) in [6.07, 6.45) is 4.08. The second-order valence-electron chi connectivity index (χ2n) is 8.67. The van der Waals surface area contributed by atoms with Crippen LogP contribution in [0.15, 0.2) is 42.7 Å². The predicted octanol–water partition coefficient (Wildman–Crippen LogP) is 4.26. The van der Waals surface area contributed by atoms with E-state index in [4.69, 9.17) is 16.3 Å². The molecule has 1 fully saturated rings. The summed E-state index contributed by atoms with van der Waals surface area (Å²) in [4.78, 5) is 28.4. The Labute approximate surface area is 212 Å². The highest BCUT2D eigenvalue weighted by Gasteiger charge is 2.24. The van der Waals surface area contributed by atoms with Crippen LogP contribution in [0.25, 0.3) is 33.5 Å². The highest BCUT2D eigenvalue weighted by atomic mass is 35.5. The van der Waals surface area contributed by atoms with E-state index in [-0.39, 0.29) is 17.6 Å². The molecule has 1 aliphatic rings. The van der Waals surface area contributed by atoms with Gasteiger partial charge in [-0.3, -0.25) is 15.0 Å². The van der Waals surface area contributed by atoms with E-state index < -0.39 is 6.09 Å². The zero-order valence-electron chi connectivity index (χ0n) is 19.8.